The maximum atomic E-state index is 12.1. The average molecular weight is 283 g/mol. The maximum Gasteiger partial charge on any atom is 0.357 e. The van der Waals surface area contributed by atoms with Gasteiger partial charge in [0.25, 0.3) is 0 Å². The largest absolute Gasteiger partial charge is 0.492 e. The highest BCUT2D eigenvalue weighted by molar-refractivity contribution is 7.87. The summed E-state index contributed by atoms with van der Waals surface area (Å²) < 4.78 is 29.4. The number of nitrogens with zero attached hydrogens (tertiary/aromatic N) is 1. The third-order valence-corrected chi connectivity index (χ3v) is 3.91. The van der Waals surface area contributed by atoms with Gasteiger partial charge in [-0.15, -0.1) is 0 Å². The molecule has 1 heterocycles. The Hall–Kier alpha value is -2.15. The van der Waals surface area contributed by atoms with E-state index in [2.05, 4.69) is 0 Å². The van der Waals surface area contributed by atoms with Crippen LogP contribution in [0.15, 0.2) is 35.2 Å². The Bertz CT molecular complexity index is 698. The van der Waals surface area contributed by atoms with Gasteiger partial charge < -0.3 is 10.2 Å². The van der Waals surface area contributed by atoms with Crippen molar-refractivity contribution in [1.82, 2.24) is 4.73 Å². The van der Waals surface area contributed by atoms with E-state index in [0.29, 0.717) is 10.3 Å². The summed E-state index contributed by atoms with van der Waals surface area (Å²) in [4.78, 5) is -0.0139. The third-order valence-electron chi connectivity index (χ3n) is 2.58. The molecule has 102 valence electrons. The van der Waals surface area contributed by atoms with Gasteiger partial charge in [-0.1, -0.05) is 16.9 Å². The minimum Gasteiger partial charge on any atom is -0.492 e. The van der Waals surface area contributed by atoms with Crippen molar-refractivity contribution in [3.63, 3.8) is 0 Å². The van der Waals surface area contributed by atoms with E-state index in [0.717, 1.165) is 17.7 Å². The lowest BCUT2D eigenvalue weighted by Gasteiger charge is -2.11. The molecule has 0 aliphatic heterocycles. The van der Waals surface area contributed by atoms with Gasteiger partial charge in [0.1, 0.15) is 4.90 Å². The molecule has 19 heavy (non-hydrogen) atoms. The monoisotopic (exact) mass is 283 g/mol. The van der Waals surface area contributed by atoms with Crippen LogP contribution in [-0.2, 0) is 10.1 Å². The fraction of sp³-hybridized carbons (Fsp3) is 0.167. The molecular weight excluding hydrogens is 270 g/mol. The van der Waals surface area contributed by atoms with Crippen LogP contribution in [0, 0.1) is 13.8 Å². The van der Waals surface area contributed by atoms with Gasteiger partial charge in [0.05, 0.1) is 0 Å². The van der Waals surface area contributed by atoms with Crippen LogP contribution in [-0.4, -0.2) is 23.4 Å². The molecule has 0 bridgehead atoms. The van der Waals surface area contributed by atoms with Gasteiger partial charge >= 0.3 is 10.1 Å². The Balaban J connectivity index is 2.47. The zero-order valence-corrected chi connectivity index (χ0v) is 11.2. The number of rotatable bonds is 3. The van der Waals surface area contributed by atoms with E-state index in [1.807, 2.05) is 0 Å². The van der Waals surface area contributed by atoms with E-state index < -0.39 is 21.9 Å². The van der Waals surface area contributed by atoms with Crippen LogP contribution < -0.4 is 4.28 Å². The summed E-state index contributed by atoms with van der Waals surface area (Å²) in [5, 5.41) is 18.8. The van der Waals surface area contributed by atoms with E-state index in [-0.39, 0.29) is 4.90 Å². The number of hydrogen-bond acceptors (Lipinski definition) is 5. The molecule has 0 unspecified atom stereocenters. The van der Waals surface area contributed by atoms with Crippen molar-refractivity contribution < 1.29 is 22.9 Å². The molecule has 1 aromatic heterocycles. The average Bonchev–Trinajstić information content (AvgIpc) is 2.63. The molecule has 0 spiro atoms. The normalized spacial score (nSPS) is 11.5. The molecule has 0 aliphatic carbocycles. The first-order chi connectivity index (χ1) is 8.81. The number of aromatic hydroxyl groups is 2. The Morgan fingerprint density at radius 3 is 2.21 bits per heavy atom. The Kier molecular flexibility index (Phi) is 3.15. The molecule has 1 aromatic carbocycles. The van der Waals surface area contributed by atoms with Crippen molar-refractivity contribution in [3.8, 4) is 11.8 Å². The zero-order valence-electron chi connectivity index (χ0n) is 10.4. The standard InChI is InChI=1S/C12H13NO5S/c1-8-3-4-9(2)10(7-8)19(16,17)18-13-11(14)5-6-12(13)15/h3-7,14-15H,1-2H3. The van der Waals surface area contributed by atoms with Crippen LogP contribution in [0.4, 0.5) is 0 Å². The van der Waals surface area contributed by atoms with E-state index in [1.54, 1.807) is 26.0 Å². The van der Waals surface area contributed by atoms with Gasteiger partial charge in [-0.2, -0.15) is 8.42 Å². The van der Waals surface area contributed by atoms with Crippen molar-refractivity contribution in [1.29, 1.82) is 0 Å². The highest BCUT2D eigenvalue weighted by atomic mass is 32.2. The molecule has 7 heteroatoms. The summed E-state index contributed by atoms with van der Waals surface area (Å²) in [5.41, 5.74) is 1.27. The van der Waals surface area contributed by atoms with E-state index >= 15 is 0 Å². The fourth-order valence-electron chi connectivity index (χ4n) is 1.59. The van der Waals surface area contributed by atoms with Crippen molar-refractivity contribution >= 4 is 10.1 Å². The Morgan fingerprint density at radius 2 is 1.63 bits per heavy atom. The molecule has 2 aromatic rings. The molecule has 2 rings (SSSR count). The summed E-state index contributed by atoms with van der Waals surface area (Å²) in [6.45, 7) is 3.38. The predicted octanol–water partition coefficient (Wildman–Crippen LogP) is 1.33. The van der Waals surface area contributed by atoms with Crippen molar-refractivity contribution in [2.24, 2.45) is 0 Å². The predicted molar refractivity (Wildman–Crippen MR) is 67.4 cm³/mol. The summed E-state index contributed by atoms with van der Waals surface area (Å²) >= 11 is 0. The fourth-order valence-corrected chi connectivity index (χ4v) is 2.82. The molecule has 2 N–H and O–H groups in total. The van der Waals surface area contributed by atoms with Gasteiger partial charge in [0, 0.05) is 12.1 Å². The first-order valence-electron chi connectivity index (χ1n) is 5.43. The van der Waals surface area contributed by atoms with Gasteiger partial charge in [-0.05, 0) is 31.0 Å². The molecule has 6 nitrogen and oxygen atoms in total. The van der Waals surface area contributed by atoms with Crippen molar-refractivity contribution in [2.45, 2.75) is 18.7 Å². The van der Waals surface area contributed by atoms with E-state index in [9.17, 15) is 18.6 Å². The highest BCUT2D eigenvalue weighted by Gasteiger charge is 2.22. The second kappa shape index (κ2) is 4.51. The van der Waals surface area contributed by atoms with Crippen LogP contribution in [0.2, 0.25) is 0 Å². The van der Waals surface area contributed by atoms with Crippen LogP contribution in [0.5, 0.6) is 11.8 Å². The van der Waals surface area contributed by atoms with Gasteiger partial charge in [-0.3, -0.25) is 4.28 Å². The summed E-state index contributed by atoms with van der Waals surface area (Å²) in [6, 6.07) is 7.13. The maximum absolute atomic E-state index is 12.1. The van der Waals surface area contributed by atoms with Gasteiger partial charge in [0.15, 0.2) is 0 Å². The molecule has 0 atom stereocenters. The molecular formula is C12H13NO5S. The van der Waals surface area contributed by atoms with Crippen LogP contribution in [0.3, 0.4) is 0 Å². The van der Waals surface area contributed by atoms with Crippen molar-refractivity contribution in [3.05, 3.63) is 41.5 Å². The first kappa shape index (κ1) is 13.3. The molecule has 0 saturated carbocycles. The molecule has 0 fully saturated rings. The Morgan fingerprint density at radius 1 is 1.05 bits per heavy atom. The van der Waals surface area contributed by atoms with Crippen LogP contribution >= 0.6 is 0 Å². The molecule has 0 amide bonds. The van der Waals surface area contributed by atoms with Crippen LogP contribution in [0.25, 0.3) is 0 Å². The SMILES string of the molecule is Cc1ccc(C)c(S(=O)(=O)On2c(O)ccc2O)c1. The van der Waals surface area contributed by atoms with Gasteiger partial charge in [0.2, 0.25) is 11.8 Å². The molecule has 0 aliphatic rings. The van der Waals surface area contributed by atoms with Crippen LogP contribution in [0.1, 0.15) is 11.1 Å². The zero-order chi connectivity index (χ0) is 14.2. The quantitative estimate of drug-likeness (QED) is 0.887. The first-order valence-corrected chi connectivity index (χ1v) is 6.84. The van der Waals surface area contributed by atoms with E-state index in [4.69, 9.17) is 4.28 Å². The second-order valence-corrected chi connectivity index (χ2v) is 5.64. The second-order valence-electron chi connectivity index (χ2n) is 4.14. The van der Waals surface area contributed by atoms with Crippen molar-refractivity contribution in [2.75, 3.05) is 0 Å². The van der Waals surface area contributed by atoms with E-state index in [1.165, 1.54) is 6.07 Å². The number of aromatic nitrogens is 1. The summed E-state index contributed by atoms with van der Waals surface area (Å²) in [6.07, 6.45) is 0. The van der Waals surface area contributed by atoms with Gasteiger partial charge in [-0.25, -0.2) is 0 Å². The number of aryl methyl sites for hydroxylation is 2. The number of benzene rings is 1. The summed E-state index contributed by atoms with van der Waals surface area (Å²) in [7, 11) is -4.14. The Labute approximate surface area is 110 Å². The lowest BCUT2D eigenvalue weighted by molar-refractivity contribution is 0.203. The molecule has 0 saturated heterocycles. The lowest BCUT2D eigenvalue weighted by atomic mass is 10.2. The smallest absolute Gasteiger partial charge is 0.357 e. The molecule has 0 radical (unpaired) electrons. The minimum atomic E-state index is -4.14. The minimum absolute atomic E-state index is 0.0139. The lowest BCUT2D eigenvalue weighted by Crippen LogP contribution is -2.20. The number of hydrogen-bond donors (Lipinski definition) is 2. The topological polar surface area (TPSA) is 88.8 Å². The third kappa shape index (κ3) is 2.50. The summed E-state index contributed by atoms with van der Waals surface area (Å²) in [5.74, 6) is -1.02. The highest BCUT2D eigenvalue weighted by Crippen LogP contribution is 2.23.